The molecule has 8 heteroatoms. The Morgan fingerprint density at radius 3 is 2.68 bits per heavy atom. The molecule has 1 aromatic heterocycles. The number of methoxy groups -OCH3 is 2. The van der Waals surface area contributed by atoms with E-state index in [-0.39, 0.29) is 23.3 Å². The van der Waals surface area contributed by atoms with E-state index in [0.717, 1.165) is 74.7 Å². The number of amides is 1. The zero-order chi connectivity index (χ0) is 22.0. The highest BCUT2D eigenvalue weighted by atomic mass is 16.5. The monoisotopic (exact) mass is 428 g/mol. The van der Waals surface area contributed by atoms with Gasteiger partial charge in [-0.3, -0.25) is 19.6 Å². The molecule has 1 unspecified atom stereocenters. The molecule has 2 aromatic rings. The van der Waals surface area contributed by atoms with Crippen molar-refractivity contribution in [2.75, 3.05) is 40.4 Å². The zero-order valence-electron chi connectivity index (χ0n) is 18.6. The molecule has 1 spiro atoms. The molecule has 168 valence electrons. The highest BCUT2D eigenvalue weighted by molar-refractivity contribution is 5.79. The van der Waals surface area contributed by atoms with Gasteiger partial charge in [-0.05, 0) is 38.8 Å². The van der Waals surface area contributed by atoms with Crippen LogP contribution in [0.3, 0.4) is 0 Å². The van der Waals surface area contributed by atoms with E-state index in [2.05, 4.69) is 21.2 Å². The van der Waals surface area contributed by atoms with Crippen molar-refractivity contribution < 1.29 is 14.3 Å². The first-order valence-electron chi connectivity index (χ1n) is 10.9. The Balaban J connectivity index is 1.42. The number of aromatic amines is 2. The topological polar surface area (TPSA) is 90.7 Å². The number of nitrogens with zero attached hydrogens (tertiary/aromatic N) is 2. The smallest absolute Gasteiger partial charge is 0.267 e. The maximum atomic E-state index is 12.9. The second kappa shape index (κ2) is 8.78. The number of H-pyrrole nitrogens is 2. The third-order valence-corrected chi connectivity index (χ3v) is 6.83. The normalized spacial score (nSPS) is 21.6. The Morgan fingerprint density at radius 2 is 1.97 bits per heavy atom. The molecule has 31 heavy (non-hydrogen) atoms. The minimum atomic E-state index is -0.198. The van der Waals surface area contributed by atoms with Crippen LogP contribution in [-0.2, 0) is 17.8 Å². The molecular weight excluding hydrogens is 396 g/mol. The van der Waals surface area contributed by atoms with Crippen molar-refractivity contribution in [3.8, 4) is 11.5 Å². The van der Waals surface area contributed by atoms with Crippen LogP contribution in [0.4, 0.5) is 0 Å². The lowest BCUT2D eigenvalue weighted by atomic mass is 9.79. The van der Waals surface area contributed by atoms with Gasteiger partial charge in [0.15, 0.2) is 11.5 Å². The first kappa shape index (κ1) is 21.5. The number of aromatic nitrogens is 2. The van der Waals surface area contributed by atoms with Gasteiger partial charge in [-0.2, -0.15) is 0 Å². The lowest BCUT2D eigenvalue weighted by Crippen LogP contribution is -2.45. The van der Waals surface area contributed by atoms with E-state index in [1.807, 2.05) is 24.0 Å². The van der Waals surface area contributed by atoms with Crippen molar-refractivity contribution in [2.24, 2.45) is 5.41 Å². The maximum absolute atomic E-state index is 12.9. The second-order valence-corrected chi connectivity index (χ2v) is 8.89. The van der Waals surface area contributed by atoms with Gasteiger partial charge in [0.25, 0.3) is 5.56 Å². The number of aryl methyl sites for hydroxylation is 1. The Kier molecular flexibility index (Phi) is 6.09. The molecule has 2 aliphatic rings. The van der Waals surface area contributed by atoms with Gasteiger partial charge in [0.1, 0.15) is 0 Å². The number of likely N-dealkylation sites (tertiary alicyclic amines) is 2. The molecular formula is C23H32N4O4. The molecule has 4 rings (SSSR count). The SMILES string of the molecule is COc1cccc(CN2CCCC3(CCN(C(=O)Cc4c(C)[nH][nH]c4=O)C3)C2)c1OC. The fraction of sp³-hybridized carbons (Fsp3) is 0.565. The summed E-state index contributed by atoms with van der Waals surface area (Å²) in [6.45, 7) is 6.14. The Bertz CT molecular complexity index is 998. The summed E-state index contributed by atoms with van der Waals surface area (Å²) in [4.78, 5) is 29.2. The van der Waals surface area contributed by atoms with E-state index < -0.39 is 0 Å². The number of hydrogen-bond acceptors (Lipinski definition) is 5. The summed E-state index contributed by atoms with van der Waals surface area (Å²) < 4.78 is 11.1. The third kappa shape index (κ3) is 4.35. The summed E-state index contributed by atoms with van der Waals surface area (Å²) in [7, 11) is 3.33. The van der Waals surface area contributed by atoms with Crippen molar-refractivity contribution in [3.05, 3.63) is 45.4 Å². The fourth-order valence-electron chi connectivity index (χ4n) is 5.19. The van der Waals surface area contributed by atoms with E-state index in [1.54, 1.807) is 14.2 Å². The van der Waals surface area contributed by atoms with Gasteiger partial charge in [0, 0.05) is 48.4 Å². The summed E-state index contributed by atoms with van der Waals surface area (Å²) in [5.41, 5.74) is 2.33. The van der Waals surface area contributed by atoms with Crippen molar-refractivity contribution in [1.82, 2.24) is 20.0 Å². The maximum Gasteiger partial charge on any atom is 0.267 e. The summed E-state index contributed by atoms with van der Waals surface area (Å²) in [5, 5.41) is 5.36. The number of hydrogen-bond donors (Lipinski definition) is 2. The number of para-hydroxylation sites is 1. The van der Waals surface area contributed by atoms with Crippen LogP contribution in [0.2, 0.25) is 0 Å². The van der Waals surface area contributed by atoms with Crippen LogP contribution in [0.25, 0.3) is 0 Å². The molecule has 1 amide bonds. The average Bonchev–Trinajstić information content (AvgIpc) is 3.31. The standard InChI is InChI=1S/C23H32N4O4/c1-16-18(22(29)25-24-16)12-20(28)27-11-9-23(15-27)8-5-10-26(14-23)13-17-6-4-7-19(30-2)21(17)31-3/h4,6-7H,5,8-15H2,1-3H3,(H2,24,25,29). The van der Waals surface area contributed by atoms with Gasteiger partial charge in [0.2, 0.25) is 5.91 Å². The number of ether oxygens (including phenoxy) is 2. The number of carbonyl (C=O) groups excluding carboxylic acids is 1. The molecule has 0 radical (unpaired) electrons. The molecule has 0 aliphatic carbocycles. The molecule has 2 aliphatic heterocycles. The van der Waals surface area contributed by atoms with Gasteiger partial charge in [-0.1, -0.05) is 12.1 Å². The lowest BCUT2D eigenvalue weighted by Gasteiger charge is -2.40. The van der Waals surface area contributed by atoms with Crippen molar-refractivity contribution in [3.63, 3.8) is 0 Å². The molecule has 1 aromatic carbocycles. The van der Waals surface area contributed by atoms with Crippen LogP contribution in [0.15, 0.2) is 23.0 Å². The summed E-state index contributed by atoms with van der Waals surface area (Å²) in [5.74, 6) is 1.58. The van der Waals surface area contributed by atoms with Crippen LogP contribution < -0.4 is 15.0 Å². The van der Waals surface area contributed by atoms with Gasteiger partial charge >= 0.3 is 0 Å². The van der Waals surface area contributed by atoms with Gasteiger partial charge < -0.3 is 19.5 Å². The fourth-order valence-corrected chi connectivity index (χ4v) is 5.19. The minimum Gasteiger partial charge on any atom is -0.493 e. The Labute approximate surface area is 182 Å². The quantitative estimate of drug-likeness (QED) is 0.735. The van der Waals surface area contributed by atoms with Crippen LogP contribution in [0, 0.1) is 12.3 Å². The van der Waals surface area contributed by atoms with E-state index >= 15 is 0 Å². The van der Waals surface area contributed by atoms with Crippen molar-refractivity contribution in [1.29, 1.82) is 0 Å². The van der Waals surface area contributed by atoms with E-state index in [9.17, 15) is 9.59 Å². The molecule has 0 bridgehead atoms. The molecule has 1 atom stereocenters. The number of benzene rings is 1. The van der Waals surface area contributed by atoms with Gasteiger partial charge in [-0.15, -0.1) is 0 Å². The first-order chi connectivity index (χ1) is 14.9. The Morgan fingerprint density at radius 1 is 1.13 bits per heavy atom. The third-order valence-electron chi connectivity index (χ3n) is 6.83. The lowest BCUT2D eigenvalue weighted by molar-refractivity contribution is -0.130. The summed E-state index contributed by atoms with van der Waals surface area (Å²) in [6.07, 6.45) is 3.41. The van der Waals surface area contributed by atoms with Gasteiger partial charge in [0.05, 0.1) is 20.6 Å². The molecule has 2 N–H and O–H groups in total. The number of nitrogens with one attached hydrogen (secondary N) is 2. The predicted molar refractivity (Wildman–Crippen MR) is 118 cm³/mol. The molecule has 0 saturated carbocycles. The van der Waals surface area contributed by atoms with Crippen LogP contribution in [0.1, 0.15) is 36.1 Å². The predicted octanol–water partition coefficient (Wildman–Crippen LogP) is 2.09. The number of piperidine rings is 1. The van der Waals surface area contributed by atoms with E-state index in [4.69, 9.17) is 9.47 Å². The largest absolute Gasteiger partial charge is 0.493 e. The molecule has 3 heterocycles. The zero-order valence-corrected chi connectivity index (χ0v) is 18.6. The van der Waals surface area contributed by atoms with E-state index in [0.29, 0.717) is 5.56 Å². The first-order valence-corrected chi connectivity index (χ1v) is 10.9. The van der Waals surface area contributed by atoms with Crippen molar-refractivity contribution >= 4 is 5.91 Å². The minimum absolute atomic E-state index is 0.0386. The van der Waals surface area contributed by atoms with Crippen LogP contribution >= 0.6 is 0 Å². The number of rotatable bonds is 6. The highest BCUT2D eigenvalue weighted by Crippen LogP contribution is 2.40. The van der Waals surface area contributed by atoms with Gasteiger partial charge in [-0.25, -0.2) is 0 Å². The average molecular weight is 429 g/mol. The second-order valence-electron chi connectivity index (χ2n) is 8.89. The highest BCUT2D eigenvalue weighted by Gasteiger charge is 2.42. The summed E-state index contributed by atoms with van der Waals surface area (Å²) in [6, 6.07) is 6.00. The molecule has 2 fully saturated rings. The summed E-state index contributed by atoms with van der Waals surface area (Å²) >= 11 is 0. The van der Waals surface area contributed by atoms with Crippen LogP contribution in [0.5, 0.6) is 11.5 Å². The van der Waals surface area contributed by atoms with Crippen LogP contribution in [-0.4, -0.2) is 66.3 Å². The number of carbonyl (C=O) groups is 1. The van der Waals surface area contributed by atoms with Crippen molar-refractivity contribution in [2.45, 2.75) is 39.2 Å². The van der Waals surface area contributed by atoms with E-state index in [1.165, 1.54) is 0 Å². The molecule has 2 saturated heterocycles. The Hall–Kier alpha value is -2.74. The molecule has 8 nitrogen and oxygen atoms in total.